The number of rotatable bonds is 5. The molecule has 0 unspecified atom stereocenters. The summed E-state index contributed by atoms with van der Waals surface area (Å²) in [5.74, 6) is -2.98. The highest BCUT2D eigenvalue weighted by Gasteiger charge is 2.41. The fraction of sp³-hybridized carbons (Fsp3) is 0.167. The van der Waals surface area contributed by atoms with E-state index in [2.05, 4.69) is 0 Å². The number of carboxylic acid groups (broad SMARTS) is 2. The number of hydrogen-bond acceptors (Lipinski definition) is 6. The largest absolute Gasteiger partial charge is 0.481 e. The molecule has 1 aliphatic rings. The van der Waals surface area contributed by atoms with Gasteiger partial charge >= 0.3 is 11.9 Å². The number of carbonyl (C=O) groups excluding carboxylic acids is 1. The highest BCUT2D eigenvalue weighted by molar-refractivity contribution is 8.26. The lowest BCUT2D eigenvalue weighted by atomic mass is 10.2. The summed E-state index contributed by atoms with van der Waals surface area (Å²) in [4.78, 5) is 35.1. The summed E-state index contributed by atoms with van der Waals surface area (Å²) in [7, 11) is 0. The van der Waals surface area contributed by atoms with Crippen molar-refractivity contribution in [2.24, 2.45) is 0 Å². The lowest BCUT2D eigenvalue weighted by Gasteiger charge is -2.21. The van der Waals surface area contributed by atoms with Gasteiger partial charge in [0.15, 0.2) is 0 Å². The third-order valence-corrected chi connectivity index (χ3v) is 3.94. The molecular weight excluding hydrogens is 318 g/mol. The van der Waals surface area contributed by atoms with Gasteiger partial charge in [0.1, 0.15) is 16.1 Å². The van der Waals surface area contributed by atoms with E-state index in [1.54, 1.807) is 12.1 Å². The minimum atomic E-state index is -1.53. The van der Waals surface area contributed by atoms with E-state index in [0.29, 0.717) is 5.76 Å². The van der Waals surface area contributed by atoms with Crippen LogP contribution < -0.4 is 0 Å². The van der Waals surface area contributed by atoms with Gasteiger partial charge in [-0.2, -0.15) is 0 Å². The van der Waals surface area contributed by atoms with Crippen molar-refractivity contribution in [1.82, 2.24) is 4.90 Å². The molecule has 1 atom stereocenters. The lowest BCUT2D eigenvalue weighted by Crippen LogP contribution is -2.45. The summed E-state index contributed by atoms with van der Waals surface area (Å²) in [5, 5.41) is 17.9. The van der Waals surface area contributed by atoms with Gasteiger partial charge < -0.3 is 14.6 Å². The first-order valence-electron chi connectivity index (χ1n) is 5.65. The van der Waals surface area contributed by atoms with Crippen LogP contribution in [0.15, 0.2) is 27.7 Å². The molecule has 1 saturated heterocycles. The lowest BCUT2D eigenvalue weighted by molar-refractivity contribution is -0.150. The first-order chi connectivity index (χ1) is 9.90. The zero-order valence-electron chi connectivity index (χ0n) is 10.4. The molecule has 7 nitrogen and oxygen atoms in total. The van der Waals surface area contributed by atoms with E-state index in [0.717, 1.165) is 16.7 Å². The van der Waals surface area contributed by atoms with Gasteiger partial charge in [-0.1, -0.05) is 24.0 Å². The van der Waals surface area contributed by atoms with Gasteiger partial charge in [0, 0.05) is 6.08 Å². The number of carboxylic acids is 2. The Bertz CT molecular complexity index is 636. The SMILES string of the molecule is O=C(O)C[C@@H](C(=O)O)N1C(=O)/C(=C\c2ccco2)SC1=S. The van der Waals surface area contributed by atoms with E-state index >= 15 is 0 Å². The van der Waals surface area contributed by atoms with Gasteiger partial charge in [0.25, 0.3) is 5.91 Å². The van der Waals surface area contributed by atoms with Crippen LogP contribution >= 0.6 is 24.0 Å². The molecule has 0 saturated carbocycles. The molecule has 1 aromatic heterocycles. The van der Waals surface area contributed by atoms with Gasteiger partial charge in [-0.25, -0.2) is 4.79 Å². The predicted molar refractivity (Wildman–Crippen MR) is 77.4 cm³/mol. The number of aliphatic carboxylic acids is 2. The van der Waals surface area contributed by atoms with Gasteiger partial charge in [0.05, 0.1) is 17.6 Å². The fourth-order valence-electron chi connectivity index (χ4n) is 1.71. The highest BCUT2D eigenvalue weighted by Crippen LogP contribution is 2.34. The van der Waals surface area contributed by atoms with E-state index in [1.807, 2.05) is 0 Å². The van der Waals surface area contributed by atoms with E-state index in [1.165, 1.54) is 12.3 Å². The van der Waals surface area contributed by atoms with Crippen LogP contribution in [0.1, 0.15) is 12.2 Å². The van der Waals surface area contributed by atoms with Crippen LogP contribution in [0.4, 0.5) is 0 Å². The standard InChI is InChI=1S/C12H9NO6S2/c14-9(15)5-7(11(17)18)13-10(16)8(21-12(13)20)4-6-2-1-3-19-6/h1-4,7H,5H2,(H,14,15)(H,17,18)/b8-4+/t7-/m0/s1. The number of carbonyl (C=O) groups is 3. The first kappa shape index (κ1) is 15.3. The van der Waals surface area contributed by atoms with Crippen LogP contribution in [-0.4, -0.2) is 43.3 Å². The summed E-state index contributed by atoms with van der Waals surface area (Å²) in [6, 6.07) is 1.73. The van der Waals surface area contributed by atoms with Crippen LogP contribution in [0.2, 0.25) is 0 Å². The zero-order chi connectivity index (χ0) is 15.6. The number of amides is 1. The molecule has 2 heterocycles. The summed E-state index contributed by atoms with van der Waals surface area (Å²) < 4.78 is 5.08. The average molecular weight is 327 g/mol. The van der Waals surface area contributed by atoms with Gasteiger partial charge in [-0.3, -0.25) is 14.5 Å². The smallest absolute Gasteiger partial charge is 0.327 e. The van der Waals surface area contributed by atoms with E-state index < -0.39 is 30.3 Å². The molecule has 1 aliphatic heterocycles. The third-order valence-electron chi connectivity index (χ3n) is 2.60. The van der Waals surface area contributed by atoms with Crippen LogP contribution in [-0.2, 0) is 14.4 Å². The normalized spacial score (nSPS) is 18.3. The second-order valence-electron chi connectivity index (χ2n) is 4.02. The number of hydrogen-bond donors (Lipinski definition) is 2. The van der Waals surface area contributed by atoms with Crippen LogP contribution in [0.5, 0.6) is 0 Å². The number of nitrogens with zero attached hydrogens (tertiary/aromatic N) is 1. The molecule has 2 N–H and O–H groups in total. The minimum Gasteiger partial charge on any atom is -0.481 e. The second-order valence-corrected chi connectivity index (χ2v) is 5.69. The summed E-state index contributed by atoms with van der Waals surface area (Å²) in [6.07, 6.45) is 2.13. The Kier molecular flexibility index (Phi) is 4.43. The van der Waals surface area contributed by atoms with Crippen molar-refractivity contribution in [1.29, 1.82) is 0 Å². The Morgan fingerprint density at radius 3 is 2.71 bits per heavy atom. The van der Waals surface area contributed by atoms with Crippen LogP contribution in [0.25, 0.3) is 6.08 Å². The first-order valence-corrected chi connectivity index (χ1v) is 6.88. The molecule has 0 bridgehead atoms. The highest BCUT2D eigenvalue weighted by atomic mass is 32.2. The maximum atomic E-state index is 12.2. The van der Waals surface area contributed by atoms with Crippen LogP contribution in [0.3, 0.4) is 0 Å². The fourth-order valence-corrected chi connectivity index (χ4v) is 3.04. The molecule has 1 aromatic rings. The van der Waals surface area contributed by atoms with Crippen molar-refractivity contribution < 1.29 is 29.0 Å². The monoisotopic (exact) mass is 327 g/mol. The predicted octanol–water partition coefficient (Wildman–Crippen LogP) is 1.41. The van der Waals surface area contributed by atoms with E-state index in [-0.39, 0.29) is 9.23 Å². The van der Waals surface area contributed by atoms with Crippen molar-refractivity contribution in [3.05, 3.63) is 29.1 Å². The number of furan rings is 1. The Morgan fingerprint density at radius 1 is 1.48 bits per heavy atom. The van der Waals surface area contributed by atoms with Crippen LogP contribution in [0, 0.1) is 0 Å². The van der Waals surface area contributed by atoms with Crippen molar-refractivity contribution in [3.8, 4) is 0 Å². The maximum Gasteiger partial charge on any atom is 0.327 e. The molecule has 21 heavy (non-hydrogen) atoms. The number of thioether (sulfide) groups is 1. The molecular formula is C12H9NO6S2. The Hall–Kier alpha value is -2.13. The second kappa shape index (κ2) is 6.10. The quantitative estimate of drug-likeness (QED) is 0.617. The van der Waals surface area contributed by atoms with Crippen molar-refractivity contribution in [2.45, 2.75) is 12.5 Å². The van der Waals surface area contributed by atoms with Crippen molar-refractivity contribution in [2.75, 3.05) is 0 Å². The van der Waals surface area contributed by atoms with E-state index in [4.69, 9.17) is 26.8 Å². The number of thiocarbonyl (C=S) groups is 1. The Labute approximate surface area is 128 Å². The minimum absolute atomic E-state index is 0.00598. The Morgan fingerprint density at radius 2 is 2.19 bits per heavy atom. The van der Waals surface area contributed by atoms with Gasteiger partial charge in [0.2, 0.25) is 0 Å². The van der Waals surface area contributed by atoms with Gasteiger partial charge in [-0.15, -0.1) is 0 Å². The van der Waals surface area contributed by atoms with E-state index in [9.17, 15) is 14.4 Å². The molecule has 9 heteroatoms. The molecule has 0 spiro atoms. The molecule has 1 fully saturated rings. The summed E-state index contributed by atoms with van der Waals surface area (Å²) >= 11 is 5.88. The summed E-state index contributed by atoms with van der Waals surface area (Å²) in [6.45, 7) is 0. The van der Waals surface area contributed by atoms with Crippen molar-refractivity contribution >= 4 is 52.2 Å². The van der Waals surface area contributed by atoms with Crippen molar-refractivity contribution in [3.63, 3.8) is 0 Å². The topological polar surface area (TPSA) is 108 Å². The molecule has 2 rings (SSSR count). The summed E-state index contributed by atoms with van der Waals surface area (Å²) in [5.41, 5.74) is 0. The third kappa shape index (κ3) is 3.31. The molecule has 0 aliphatic carbocycles. The molecule has 0 aromatic carbocycles. The molecule has 0 radical (unpaired) electrons. The molecule has 110 valence electrons. The zero-order valence-corrected chi connectivity index (χ0v) is 12.0. The maximum absolute atomic E-state index is 12.2. The Balaban J connectivity index is 2.29. The molecule has 1 amide bonds. The van der Waals surface area contributed by atoms with Gasteiger partial charge in [-0.05, 0) is 12.1 Å². The average Bonchev–Trinajstić information content (AvgIpc) is 2.97.